The standard InChI is InChI=1S/C14H19NO7/c16-7-9-21-15(22-10-8-17)11-20-13-4-1-12(2-5-13)3-6-14(18)19/h1-6,16-17H,7-11H2,(H,18,19). The third kappa shape index (κ3) is 7.72. The van der Waals surface area contributed by atoms with Crippen LogP contribution in [0.2, 0.25) is 0 Å². The third-order valence-electron chi connectivity index (χ3n) is 2.29. The number of aliphatic hydroxyl groups is 2. The molecule has 0 bridgehead atoms. The Morgan fingerprint density at radius 3 is 2.18 bits per heavy atom. The van der Waals surface area contributed by atoms with Crippen LogP contribution in [-0.2, 0) is 14.5 Å². The molecule has 0 aliphatic rings. The van der Waals surface area contributed by atoms with Crippen LogP contribution in [0.4, 0.5) is 0 Å². The Hall–Kier alpha value is -1.97. The maximum Gasteiger partial charge on any atom is 0.328 e. The van der Waals surface area contributed by atoms with Crippen molar-refractivity contribution >= 4 is 12.0 Å². The van der Waals surface area contributed by atoms with Crippen LogP contribution in [0.15, 0.2) is 30.3 Å². The van der Waals surface area contributed by atoms with Gasteiger partial charge in [-0.3, -0.25) is 9.68 Å². The molecule has 0 fully saturated rings. The summed E-state index contributed by atoms with van der Waals surface area (Å²) in [5.41, 5.74) is 0.722. The van der Waals surface area contributed by atoms with E-state index in [0.717, 1.165) is 16.9 Å². The predicted molar refractivity (Wildman–Crippen MR) is 76.5 cm³/mol. The lowest BCUT2D eigenvalue weighted by molar-refractivity contribution is -0.389. The van der Waals surface area contributed by atoms with Gasteiger partial charge in [-0.15, -0.1) is 0 Å². The second-order valence-corrected chi connectivity index (χ2v) is 3.96. The highest BCUT2D eigenvalue weighted by atomic mass is 17.0. The minimum Gasteiger partial charge on any atom is -0.478 e. The number of aliphatic hydroxyl groups excluding tert-OH is 2. The number of hydrogen-bond donors (Lipinski definition) is 3. The molecule has 0 aliphatic heterocycles. The highest BCUT2D eigenvalue weighted by Gasteiger charge is 2.07. The summed E-state index contributed by atoms with van der Waals surface area (Å²) in [5, 5.41) is 27.0. The Morgan fingerprint density at radius 2 is 1.68 bits per heavy atom. The fraction of sp³-hybridized carbons (Fsp3) is 0.357. The van der Waals surface area contributed by atoms with Crippen molar-refractivity contribution in [1.29, 1.82) is 0 Å². The van der Waals surface area contributed by atoms with Crippen LogP contribution in [0.1, 0.15) is 5.56 Å². The van der Waals surface area contributed by atoms with E-state index in [1.807, 2.05) is 0 Å². The third-order valence-corrected chi connectivity index (χ3v) is 2.29. The average Bonchev–Trinajstić information content (AvgIpc) is 2.53. The minimum atomic E-state index is -1.02. The Labute approximate surface area is 127 Å². The first-order valence-electron chi connectivity index (χ1n) is 6.54. The Morgan fingerprint density at radius 1 is 1.09 bits per heavy atom. The fourth-order valence-corrected chi connectivity index (χ4v) is 1.37. The highest BCUT2D eigenvalue weighted by Crippen LogP contribution is 2.13. The zero-order chi connectivity index (χ0) is 16.2. The van der Waals surface area contributed by atoms with Gasteiger partial charge in [-0.2, -0.15) is 0 Å². The van der Waals surface area contributed by atoms with E-state index in [9.17, 15) is 4.79 Å². The molecule has 0 saturated carbocycles. The first kappa shape index (κ1) is 18.1. The van der Waals surface area contributed by atoms with E-state index < -0.39 is 5.97 Å². The molecule has 22 heavy (non-hydrogen) atoms. The van der Waals surface area contributed by atoms with E-state index in [0.29, 0.717) is 5.75 Å². The van der Waals surface area contributed by atoms with Crippen molar-refractivity contribution in [3.8, 4) is 5.75 Å². The van der Waals surface area contributed by atoms with Crippen molar-refractivity contribution in [2.45, 2.75) is 0 Å². The normalized spacial score (nSPS) is 11.2. The molecular weight excluding hydrogens is 294 g/mol. The fourth-order valence-electron chi connectivity index (χ4n) is 1.37. The van der Waals surface area contributed by atoms with Gasteiger partial charge in [-0.1, -0.05) is 12.1 Å². The van der Waals surface area contributed by atoms with E-state index in [-0.39, 0.29) is 33.2 Å². The molecule has 8 nitrogen and oxygen atoms in total. The molecule has 8 heteroatoms. The lowest BCUT2D eigenvalue weighted by Crippen LogP contribution is -2.31. The summed E-state index contributed by atoms with van der Waals surface area (Å²) in [5.74, 6) is -0.490. The summed E-state index contributed by atoms with van der Waals surface area (Å²) in [7, 11) is 0. The van der Waals surface area contributed by atoms with Crippen molar-refractivity contribution in [2.24, 2.45) is 0 Å². The van der Waals surface area contributed by atoms with Crippen molar-refractivity contribution in [3.05, 3.63) is 35.9 Å². The largest absolute Gasteiger partial charge is 0.478 e. The quantitative estimate of drug-likeness (QED) is 0.303. The van der Waals surface area contributed by atoms with E-state index >= 15 is 0 Å². The predicted octanol–water partition coefficient (Wildman–Crippen LogP) is 0.270. The van der Waals surface area contributed by atoms with E-state index in [4.69, 9.17) is 29.7 Å². The lowest BCUT2D eigenvalue weighted by atomic mass is 10.2. The summed E-state index contributed by atoms with van der Waals surface area (Å²) in [6.45, 7) is -0.348. The Kier molecular flexibility index (Phi) is 8.80. The van der Waals surface area contributed by atoms with Gasteiger partial charge in [0, 0.05) is 6.08 Å². The van der Waals surface area contributed by atoms with Gasteiger partial charge in [0.2, 0.25) is 0 Å². The molecule has 0 heterocycles. The number of carboxylic acids is 1. The maximum atomic E-state index is 10.4. The molecule has 1 rings (SSSR count). The van der Waals surface area contributed by atoms with Crippen LogP contribution in [0.25, 0.3) is 6.08 Å². The van der Waals surface area contributed by atoms with Crippen molar-refractivity contribution in [3.63, 3.8) is 0 Å². The molecule has 0 aliphatic carbocycles. The monoisotopic (exact) mass is 313 g/mol. The number of nitrogens with zero attached hydrogens (tertiary/aromatic N) is 1. The molecule has 0 atom stereocenters. The van der Waals surface area contributed by atoms with E-state index in [2.05, 4.69) is 0 Å². The first-order valence-corrected chi connectivity index (χ1v) is 6.54. The summed E-state index contributed by atoms with van der Waals surface area (Å²) in [6, 6.07) is 6.72. The topological polar surface area (TPSA) is 109 Å². The number of carbonyl (C=O) groups is 1. The maximum absolute atomic E-state index is 10.4. The number of rotatable bonds is 11. The Balaban J connectivity index is 2.48. The van der Waals surface area contributed by atoms with E-state index in [1.54, 1.807) is 24.3 Å². The van der Waals surface area contributed by atoms with Crippen LogP contribution >= 0.6 is 0 Å². The minimum absolute atomic E-state index is 0.0354. The average molecular weight is 313 g/mol. The molecule has 1 aromatic carbocycles. The molecule has 0 amide bonds. The SMILES string of the molecule is O=C(O)C=Cc1ccc(OCN(OCCO)OCCO)cc1. The molecular formula is C14H19NO7. The van der Waals surface area contributed by atoms with Crippen LogP contribution in [0.3, 0.4) is 0 Å². The van der Waals surface area contributed by atoms with E-state index in [1.165, 1.54) is 6.08 Å². The van der Waals surface area contributed by atoms with Gasteiger partial charge < -0.3 is 20.1 Å². The summed E-state index contributed by atoms with van der Waals surface area (Å²) >= 11 is 0. The second-order valence-electron chi connectivity index (χ2n) is 3.96. The van der Waals surface area contributed by atoms with Gasteiger partial charge >= 0.3 is 5.97 Å². The zero-order valence-corrected chi connectivity index (χ0v) is 11.9. The van der Waals surface area contributed by atoms with Crippen LogP contribution in [-0.4, -0.2) is 59.7 Å². The molecule has 0 radical (unpaired) electrons. The van der Waals surface area contributed by atoms with Gasteiger partial charge in [0.15, 0.2) is 6.73 Å². The number of aliphatic carboxylic acids is 1. The Bertz CT molecular complexity index is 453. The molecule has 3 N–H and O–H groups in total. The number of benzene rings is 1. The number of carboxylic acid groups (broad SMARTS) is 1. The molecule has 0 unspecified atom stereocenters. The van der Waals surface area contributed by atoms with Gasteiger partial charge in [-0.05, 0) is 29.0 Å². The van der Waals surface area contributed by atoms with Gasteiger partial charge in [0.05, 0.1) is 26.4 Å². The van der Waals surface area contributed by atoms with Gasteiger partial charge in [0.1, 0.15) is 5.75 Å². The molecule has 0 aromatic heterocycles. The van der Waals surface area contributed by atoms with Gasteiger partial charge in [-0.25, -0.2) is 4.79 Å². The molecule has 0 spiro atoms. The number of hydrogen-bond acceptors (Lipinski definition) is 7. The van der Waals surface area contributed by atoms with Gasteiger partial charge in [0.25, 0.3) is 0 Å². The van der Waals surface area contributed by atoms with Crippen LogP contribution < -0.4 is 4.74 Å². The van der Waals surface area contributed by atoms with Crippen molar-refractivity contribution in [1.82, 2.24) is 5.23 Å². The molecule has 122 valence electrons. The smallest absolute Gasteiger partial charge is 0.328 e. The van der Waals surface area contributed by atoms with Crippen molar-refractivity contribution in [2.75, 3.05) is 33.2 Å². The van der Waals surface area contributed by atoms with Crippen LogP contribution in [0.5, 0.6) is 5.75 Å². The summed E-state index contributed by atoms with van der Waals surface area (Å²) in [6.07, 6.45) is 2.51. The summed E-state index contributed by atoms with van der Waals surface area (Å²) < 4.78 is 5.42. The lowest BCUT2D eigenvalue weighted by Gasteiger charge is -2.20. The van der Waals surface area contributed by atoms with Crippen LogP contribution in [0, 0.1) is 0 Å². The molecule has 1 aromatic rings. The van der Waals surface area contributed by atoms with Crippen molar-refractivity contribution < 1.29 is 34.5 Å². The second kappa shape index (κ2) is 10.7. The first-order chi connectivity index (χ1) is 10.7. The zero-order valence-electron chi connectivity index (χ0n) is 11.9. The molecule has 0 saturated heterocycles. The summed E-state index contributed by atoms with van der Waals surface area (Å²) in [4.78, 5) is 20.5. The highest BCUT2D eigenvalue weighted by molar-refractivity contribution is 5.85. The number of ether oxygens (including phenoxy) is 1. The number of hydroxylamine groups is 2.